The molecular formula is C19H30N2O4S. The predicted octanol–water partition coefficient (Wildman–Crippen LogP) is 2.29. The van der Waals surface area contributed by atoms with Crippen LogP contribution < -0.4 is 9.46 Å². The second-order valence-electron chi connectivity index (χ2n) is 8.02. The summed E-state index contributed by atoms with van der Waals surface area (Å²) in [7, 11) is -3.21. The average molecular weight is 383 g/mol. The highest BCUT2D eigenvalue weighted by Gasteiger charge is 2.28. The molecule has 1 heterocycles. The minimum absolute atomic E-state index is 0.0669. The first-order valence-corrected chi connectivity index (χ1v) is 10.9. The van der Waals surface area contributed by atoms with Crippen LogP contribution in [0.15, 0.2) is 24.3 Å². The van der Waals surface area contributed by atoms with E-state index in [1.165, 1.54) is 5.56 Å². The summed E-state index contributed by atoms with van der Waals surface area (Å²) < 4.78 is 31.0. The first-order chi connectivity index (χ1) is 12.0. The standard InChI is InChI=1S/C19H30N2O4S/c1-14(25-17-8-6-15(7-9-17)19(2,3)4)18(22)21-12-10-16(11-13-21)20-26(5,23)24/h6-9,14,16,20H,10-13H2,1-5H3. The Labute approximate surface area is 157 Å². The van der Waals surface area contributed by atoms with Crippen LogP contribution in [0, 0.1) is 0 Å². The summed E-state index contributed by atoms with van der Waals surface area (Å²) in [4.78, 5) is 14.3. The third kappa shape index (κ3) is 5.99. The Kier molecular flexibility index (Phi) is 6.34. The van der Waals surface area contributed by atoms with Gasteiger partial charge < -0.3 is 9.64 Å². The molecule has 146 valence electrons. The van der Waals surface area contributed by atoms with Crippen LogP contribution in [0.1, 0.15) is 46.1 Å². The van der Waals surface area contributed by atoms with E-state index in [0.29, 0.717) is 31.7 Å². The average Bonchev–Trinajstić information content (AvgIpc) is 2.53. The Balaban J connectivity index is 1.88. The fraction of sp³-hybridized carbons (Fsp3) is 0.632. The van der Waals surface area contributed by atoms with Crippen molar-refractivity contribution in [3.05, 3.63) is 29.8 Å². The van der Waals surface area contributed by atoms with Gasteiger partial charge in [-0.25, -0.2) is 13.1 Å². The zero-order chi connectivity index (χ0) is 19.5. The molecule has 6 nitrogen and oxygen atoms in total. The zero-order valence-corrected chi connectivity index (χ0v) is 17.1. The van der Waals surface area contributed by atoms with Crippen LogP contribution in [0.2, 0.25) is 0 Å². The maximum atomic E-state index is 12.6. The molecule has 0 aliphatic carbocycles. The number of hydrogen-bond donors (Lipinski definition) is 1. The molecule has 26 heavy (non-hydrogen) atoms. The van der Waals surface area contributed by atoms with Crippen molar-refractivity contribution >= 4 is 15.9 Å². The third-order valence-electron chi connectivity index (χ3n) is 4.57. The number of amides is 1. The summed E-state index contributed by atoms with van der Waals surface area (Å²) in [6.45, 7) is 9.26. The number of carbonyl (C=O) groups is 1. The number of rotatable bonds is 5. The smallest absolute Gasteiger partial charge is 0.263 e. The molecule has 2 rings (SSSR count). The lowest BCUT2D eigenvalue weighted by atomic mass is 9.87. The van der Waals surface area contributed by atoms with Gasteiger partial charge >= 0.3 is 0 Å². The zero-order valence-electron chi connectivity index (χ0n) is 16.3. The van der Waals surface area contributed by atoms with Crippen molar-refractivity contribution < 1.29 is 17.9 Å². The van der Waals surface area contributed by atoms with Gasteiger partial charge in [0.2, 0.25) is 10.0 Å². The van der Waals surface area contributed by atoms with E-state index in [9.17, 15) is 13.2 Å². The van der Waals surface area contributed by atoms with E-state index in [0.717, 1.165) is 6.26 Å². The van der Waals surface area contributed by atoms with Crippen molar-refractivity contribution in [1.29, 1.82) is 0 Å². The van der Waals surface area contributed by atoms with Crippen molar-refractivity contribution in [3.63, 3.8) is 0 Å². The van der Waals surface area contributed by atoms with Gasteiger partial charge in [0.15, 0.2) is 6.10 Å². The lowest BCUT2D eigenvalue weighted by molar-refractivity contribution is -0.139. The normalized spacial score (nSPS) is 17.8. The fourth-order valence-corrected chi connectivity index (χ4v) is 3.91. The van der Waals surface area contributed by atoms with Gasteiger partial charge in [-0.1, -0.05) is 32.9 Å². The molecule has 1 aromatic rings. The molecule has 1 fully saturated rings. The van der Waals surface area contributed by atoms with Crippen LogP contribution in [-0.4, -0.2) is 50.7 Å². The minimum atomic E-state index is -3.21. The highest BCUT2D eigenvalue weighted by atomic mass is 32.2. The van der Waals surface area contributed by atoms with Gasteiger partial charge in [-0.2, -0.15) is 0 Å². The van der Waals surface area contributed by atoms with Gasteiger partial charge in [0.05, 0.1) is 6.26 Å². The number of ether oxygens (including phenoxy) is 1. The van der Waals surface area contributed by atoms with E-state index >= 15 is 0 Å². The Morgan fingerprint density at radius 3 is 2.19 bits per heavy atom. The molecule has 0 bridgehead atoms. The Hall–Kier alpha value is -1.60. The summed E-state index contributed by atoms with van der Waals surface area (Å²) in [5.74, 6) is 0.607. The molecule has 0 spiro atoms. The Bertz CT molecular complexity index is 715. The van der Waals surface area contributed by atoms with Crippen LogP contribution in [0.4, 0.5) is 0 Å². The quantitative estimate of drug-likeness (QED) is 0.848. The highest BCUT2D eigenvalue weighted by molar-refractivity contribution is 7.88. The Morgan fingerprint density at radius 1 is 1.19 bits per heavy atom. The van der Waals surface area contributed by atoms with E-state index in [1.54, 1.807) is 11.8 Å². The second-order valence-corrected chi connectivity index (χ2v) is 9.80. The van der Waals surface area contributed by atoms with E-state index in [4.69, 9.17) is 4.74 Å². The molecule has 1 unspecified atom stereocenters. The summed E-state index contributed by atoms with van der Waals surface area (Å²) in [5.41, 5.74) is 1.29. The first kappa shape index (κ1) is 20.7. The summed E-state index contributed by atoms with van der Waals surface area (Å²) in [6.07, 6.45) is 1.82. The minimum Gasteiger partial charge on any atom is -0.481 e. The summed E-state index contributed by atoms with van der Waals surface area (Å²) >= 11 is 0. The lowest BCUT2D eigenvalue weighted by Gasteiger charge is -2.33. The van der Waals surface area contributed by atoms with Crippen LogP contribution in [0.3, 0.4) is 0 Å². The van der Waals surface area contributed by atoms with Gasteiger partial charge in [-0.3, -0.25) is 4.79 Å². The summed E-state index contributed by atoms with van der Waals surface area (Å²) in [5, 5.41) is 0. The van der Waals surface area contributed by atoms with Crippen LogP contribution in [0.5, 0.6) is 5.75 Å². The van der Waals surface area contributed by atoms with Gasteiger partial charge in [-0.15, -0.1) is 0 Å². The maximum Gasteiger partial charge on any atom is 0.263 e. The predicted molar refractivity (Wildman–Crippen MR) is 103 cm³/mol. The van der Waals surface area contributed by atoms with Crippen molar-refractivity contribution in [2.45, 2.75) is 58.1 Å². The third-order valence-corrected chi connectivity index (χ3v) is 5.33. The monoisotopic (exact) mass is 382 g/mol. The van der Waals surface area contributed by atoms with Gasteiger partial charge in [0, 0.05) is 19.1 Å². The van der Waals surface area contributed by atoms with Gasteiger partial charge in [-0.05, 0) is 42.9 Å². The number of hydrogen-bond acceptors (Lipinski definition) is 4. The van der Waals surface area contributed by atoms with Crippen molar-refractivity contribution in [3.8, 4) is 5.75 Å². The maximum absolute atomic E-state index is 12.6. The van der Waals surface area contributed by atoms with E-state index < -0.39 is 16.1 Å². The molecule has 0 radical (unpaired) electrons. The topological polar surface area (TPSA) is 75.7 Å². The van der Waals surface area contributed by atoms with Crippen molar-refractivity contribution in [1.82, 2.24) is 9.62 Å². The SMILES string of the molecule is CC(Oc1ccc(C(C)(C)C)cc1)C(=O)N1CCC(NS(C)(=O)=O)CC1. The van der Waals surface area contributed by atoms with E-state index in [-0.39, 0.29) is 17.4 Å². The van der Waals surface area contributed by atoms with Crippen molar-refractivity contribution in [2.24, 2.45) is 0 Å². The summed E-state index contributed by atoms with van der Waals surface area (Å²) in [6, 6.07) is 7.73. The molecule has 1 atom stereocenters. The lowest BCUT2D eigenvalue weighted by Crippen LogP contribution is -2.49. The molecule has 0 aromatic heterocycles. The van der Waals surface area contributed by atoms with E-state index in [2.05, 4.69) is 25.5 Å². The number of piperidine rings is 1. The van der Waals surface area contributed by atoms with Gasteiger partial charge in [0.25, 0.3) is 5.91 Å². The van der Waals surface area contributed by atoms with Crippen LogP contribution in [-0.2, 0) is 20.2 Å². The largest absolute Gasteiger partial charge is 0.481 e. The molecule has 1 aliphatic rings. The molecule has 7 heteroatoms. The van der Waals surface area contributed by atoms with Crippen LogP contribution >= 0.6 is 0 Å². The molecule has 1 N–H and O–H groups in total. The molecule has 1 aliphatic heterocycles. The number of sulfonamides is 1. The molecular weight excluding hydrogens is 352 g/mol. The second kappa shape index (κ2) is 7.96. The highest BCUT2D eigenvalue weighted by Crippen LogP contribution is 2.25. The number of carbonyl (C=O) groups excluding carboxylic acids is 1. The van der Waals surface area contributed by atoms with Crippen LogP contribution in [0.25, 0.3) is 0 Å². The van der Waals surface area contributed by atoms with E-state index in [1.807, 2.05) is 24.3 Å². The molecule has 0 saturated carbocycles. The van der Waals surface area contributed by atoms with Gasteiger partial charge in [0.1, 0.15) is 5.75 Å². The number of likely N-dealkylation sites (tertiary alicyclic amines) is 1. The van der Waals surface area contributed by atoms with Crippen molar-refractivity contribution in [2.75, 3.05) is 19.3 Å². The number of benzene rings is 1. The first-order valence-electron chi connectivity index (χ1n) is 8.99. The molecule has 1 amide bonds. The number of nitrogens with one attached hydrogen (secondary N) is 1. The number of nitrogens with zero attached hydrogens (tertiary/aromatic N) is 1. The Morgan fingerprint density at radius 2 is 1.73 bits per heavy atom. The molecule has 1 saturated heterocycles. The fourth-order valence-electron chi connectivity index (χ4n) is 3.07. The molecule has 1 aromatic carbocycles.